The van der Waals surface area contributed by atoms with Crippen LogP contribution in [0.1, 0.15) is 42.9 Å². The highest BCUT2D eigenvalue weighted by atomic mass is 32.2. The summed E-state index contributed by atoms with van der Waals surface area (Å²) in [5.41, 5.74) is 4.56. The van der Waals surface area contributed by atoms with Crippen molar-refractivity contribution in [3.8, 4) is 0 Å². The number of fused-ring (bicyclic) bond motifs is 1. The molecular formula is C27H36F4N4S. The van der Waals surface area contributed by atoms with Gasteiger partial charge >= 0.3 is 6.18 Å². The van der Waals surface area contributed by atoms with E-state index >= 15 is 0 Å². The van der Waals surface area contributed by atoms with Gasteiger partial charge in [-0.05, 0) is 79.4 Å². The number of hydrogen-bond donors (Lipinski definition) is 2. The molecular weight excluding hydrogens is 488 g/mol. The van der Waals surface area contributed by atoms with Gasteiger partial charge in [0.15, 0.2) is 0 Å². The Morgan fingerprint density at radius 1 is 1.25 bits per heavy atom. The molecule has 36 heavy (non-hydrogen) atoms. The Hall–Kier alpha value is -2.36. The smallest absolute Gasteiger partial charge is 0.270 e. The third-order valence-corrected chi connectivity index (χ3v) is 6.77. The van der Waals surface area contributed by atoms with E-state index in [1.54, 1.807) is 24.2 Å². The van der Waals surface area contributed by atoms with Crippen LogP contribution in [0.2, 0.25) is 0 Å². The fourth-order valence-corrected chi connectivity index (χ4v) is 4.68. The average Bonchev–Trinajstić information content (AvgIpc) is 2.91. The molecule has 0 amide bonds. The van der Waals surface area contributed by atoms with E-state index in [1.807, 2.05) is 6.08 Å². The predicted molar refractivity (Wildman–Crippen MR) is 143 cm³/mol. The number of alkyl halides is 3. The summed E-state index contributed by atoms with van der Waals surface area (Å²) in [6.45, 7) is 8.16. The number of benzene rings is 1. The van der Waals surface area contributed by atoms with Gasteiger partial charge in [-0.25, -0.2) is 13.8 Å². The Morgan fingerprint density at radius 2 is 2.03 bits per heavy atom. The number of hydrazone groups is 1. The second kappa shape index (κ2) is 15.0. The lowest BCUT2D eigenvalue weighted by Gasteiger charge is -2.18. The number of allylic oxidation sites excluding steroid dienone is 6. The normalized spacial score (nSPS) is 19.8. The van der Waals surface area contributed by atoms with Crippen LogP contribution >= 0.6 is 12.1 Å². The maximum Gasteiger partial charge on any atom is 0.402 e. The molecule has 1 aromatic rings. The van der Waals surface area contributed by atoms with Crippen molar-refractivity contribution in [1.29, 1.82) is 0 Å². The second-order valence-corrected chi connectivity index (χ2v) is 9.72. The number of nitrogens with zero attached hydrogens (tertiary/aromatic N) is 2. The van der Waals surface area contributed by atoms with E-state index in [4.69, 9.17) is 0 Å². The first-order valence-electron chi connectivity index (χ1n) is 12.0. The highest BCUT2D eigenvalue weighted by molar-refractivity contribution is 7.95. The van der Waals surface area contributed by atoms with Crippen LogP contribution in [0.5, 0.6) is 0 Å². The van der Waals surface area contributed by atoms with Crippen LogP contribution in [0.25, 0.3) is 0 Å². The van der Waals surface area contributed by atoms with Gasteiger partial charge in [-0.1, -0.05) is 43.9 Å². The van der Waals surface area contributed by atoms with E-state index in [1.165, 1.54) is 17.2 Å². The van der Waals surface area contributed by atoms with Crippen LogP contribution in [0.4, 0.5) is 17.6 Å². The fraction of sp³-hybridized carbons (Fsp3) is 0.444. The molecule has 0 saturated carbocycles. The lowest BCUT2D eigenvalue weighted by molar-refractivity contribution is -0.121. The molecule has 0 fully saturated rings. The lowest BCUT2D eigenvalue weighted by atomic mass is 9.92. The average molecular weight is 525 g/mol. The Morgan fingerprint density at radius 3 is 2.72 bits per heavy atom. The molecule has 0 aliphatic heterocycles. The quantitative estimate of drug-likeness (QED) is 0.0831. The van der Waals surface area contributed by atoms with Gasteiger partial charge in [0, 0.05) is 31.9 Å². The number of hydrogen-bond acceptors (Lipinski definition) is 5. The Labute approximate surface area is 216 Å². The minimum absolute atomic E-state index is 0.142. The second-order valence-electron chi connectivity index (χ2n) is 8.99. The molecule has 1 aliphatic carbocycles. The van der Waals surface area contributed by atoms with Crippen molar-refractivity contribution in [1.82, 2.24) is 14.5 Å². The molecule has 9 heteroatoms. The van der Waals surface area contributed by atoms with E-state index < -0.39 is 18.5 Å². The summed E-state index contributed by atoms with van der Waals surface area (Å²) < 4.78 is 55.9. The van der Waals surface area contributed by atoms with Gasteiger partial charge in [0.2, 0.25) is 0 Å². The van der Waals surface area contributed by atoms with Gasteiger partial charge in [-0.15, -0.1) is 0 Å². The first-order valence-corrected chi connectivity index (χ1v) is 12.8. The number of halogens is 4. The highest BCUT2D eigenvalue weighted by Crippen LogP contribution is 2.26. The molecule has 0 radical (unpaired) electrons. The lowest BCUT2D eigenvalue weighted by Crippen LogP contribution is -2.31. The summed E-state index contributed by atoms with van der Waals surface area (Å²) in [6, 6.07) is 6.66. The SMILES string of the molecule is C=C\C(F)=C/C=C/C(=C/Cc1ccc2c(c1)C[C@H](C)CC[C@H](NSNCC(F)(F)F)CC2)N(C)N=C. The molecule has 0 bridgehead atoms. The third-order valence-electron chi connectivity index (χ3n) is 6.03. The van der Waals surface area contributed by atoms with Gasteiger partial charge in [0.05, 0.1) is 5.70 Å². The molecule has 0 aromatic heterocycles. The topological polar surface area (TPSA) is 39.7 Å². The standard InChI is InChI=1S/C27H36F4N4S/c1-5-24(28)7-6-8-26(35(4)32-3)16-11-21-10-12-22-13-15-25(34-36-33-19-27(29,30)31)14-9-20(2)17-23(22)18-21/h5-8,10,12,16,18,20,25,33-34H,1,3,9,11,13-15,17,19H2,2,4H3/b8-6+,24-7+,26-16-/t20-,25+/m1/s1. The van der Waals surface area contributed by atoms with Crippen LogP contribution in [-0.4, -0.2) is 37.5 Å². The van der Waals surface area contributed by atoms with Gasteiger partial charge in [-0.3, -0.25) is 5.01 Å². The Bertz CT molecular complexity index is 956. The van der Waals surface area contributed by atoms with Crippen LogP contribution in [0.3, 0.4) is 0 Å². The highest BCUT2D eigenvalue weighted by Gasteiger charge is 2.26. The van der Waals surface area contributed by atoms with E-state index in [2.05, 4.69) is 53.0 Å². The van der Waals surface area contributed by atoms with Crippen LogP contribution in [-0.2, 0) is 19.3 Å². The van der Waals surface area contributed by atoms with Crippen LogP contribution in [0.15, 0.2) is 71.8 Å². The van der Waals surface area contributed by atoms with Gasteiger partial charge in [0.1, 0.15) is 12.4 Å². The fourth-order valence-electron chi connectivity index (χ4n) is 3.96. The van der Waals surface area contributed by atoms with Crippen molar-refractivity contribution >= 4 is 18.9 Å². The molecule has 2 N–H and O–H groups in total. The zero-order valence-corrected chi connectivity index (χ0v) is 21.8. The Balaban J connectivity index is 2.09. The molecule has 1 aliphatic rings. The first kappa shape index (κ1) is 29.9. The van der Waals surface area contributed by atoms with E-state index in [0.717, 1.165) is 61.6 Å². The third kappa shape index (κ3) is 11.1. The van der Waals surface area contributed by atoms with E-state index in [0.29, 0.717) is 12.3 Å². The zero-order chi connectivity index (χ0) is 26.6. The minimum atomic E-state index is -4.22. The number of aryl methyl sites for hydroxylation is 1. The number of nitrogens with one attached hydrogen (secondary N) is 2. The summed E-state index contributed by atoms with van der Waals surface area (Å²) in [6.07, 6.45) is 8.96. The molecule has 4 nitrogen and oxygen atoms in total. The monoisotopic (exact) mass is 524 g/mol. The van der Waals surface area contributed by atoms with Gasteiger partial charge in [-0.2, -0.15) is 18.3 Å². The van der Waals surface area contributed by atoms with Crippen LogP contribution in [0, 0.1) is 5.92 Å². The van der Waals surface area contributed by atoms with Gasteiger partial charge in [0.25, 0.3) is 0 Å². The zero-order valence-electron chi connectivity index (χ0n) is 21.0. The van der Waals surface area contributed by atoms with Crippen molar-refractivity contribution < 1.29 is 17.6 Å². The maximum atomic E-state index is 13.3. The summed E-state index contributed by atoms with van der Waals surface area (Å²) in [7, 11) is 1.78. The maximum absolute atomic E-state index is 13.3. The molecule has 0 unspecified atom stereocenters. The van der Waals surface area contributed by atoms with E-state index in [9.17, 15) is 17.6 Å². The van der Waals surface area contributed by atoms with Crippen molar-refractivity contribution in [2.75, 3.05) is 13.6 Å². The summed E-state index contributed by atoms with van der Waals surface area (Å²) in [5, 5.41) is 5.57. The van der Waals surface area contributed by atoms with E-state index in [-0.39, 0.29) is 6.04 Å². The summed E-state index contributed by atoms with van der Waals surface area (Å²) in [5.74, 6) is 0.0475. The summed E-state index contributed by atoms with van der Waals surface area (Å²) in [4.78, 5) is 0. The van der Waals surface area contributed by atoms with Crippen molar-refractivity contribution in [2.45, 2.75) is 57.7 Å². The molecule has 198 valence electrons. The number of likely N-dealkylation sites (N-methyl/N-ethyl adjacent to an activating group) is 1. The van der Waals surface area contributed by atoms with Crippen molar-refractivity contribution in [3.05, 3.63) is 83.4 Å². The largest absolute Gasteiger partial charge is 0.402 e. The number of rotatable bonds is 11. The summed E-state index contributed by atoms with van der Waals surface area (Å²) >= 11 is 0.939. The van der Waals surface area contributed by atoms with Gasteiger partial charge < -0.3 is 0 Å². The predicted octanol–water partition coefficient (Wildman–Crippen LogP) is 6.83. The Kier molecular flexibility index (Phi) is 12.5. The van der Waals surface area contributed by atoms with Crippen molar-refractivity contribution in [2.24, 2.45) is 11.0 Å². The molecule has 0 spiro atoms. The first-order chi connectivity index (χ1) is 17.1. The molecule has 1 aromatic carbocycles. The molecule has 2 atom stereocenters. The molecule has 2 rings (SSSR count). The van der Waals surface area contributed by atoms with Crippen LogP contribution < -0.4 is 9.44 Å². The minimum Gasteiger partial charge on any atom is -0.270 e. The molecule has 0 heterocycles. The van der Waals surface area contributed by atoms with Crippen molar-refractivity contribution in [3.63, 3.8) is 0 Å². The molecule has 0 saturated heterocycles.